The minimum atomic E-state index is -0.708. The van der Waals surface area contributed by atoms with Gasteiger partial charge in [-0.1, -0.05) is 31.0 Å². The van der Waals surface area contributed by atoms with E-state index in [0.29, 0.717) is 28.6 Å². The van der Waals surface area contributed by atoms with Gasteiger partial charge in [0.1, 0.15) is 10.7 Å². The van der Waals surface area contributed by atoms with Crippen molar-refractivity contribution in [3.05, 3.63) is 82.0 Å². The topological polar surface area (TPSA) is 118 Å². The molecule has 36 heavy (non-hydrogen) atoms. The summed E-state index contributed by atoms with van der Waals surface area (Å²) < 4.78 is 5.17. The summed E-state index contributed by atoms with van der Waals surface area (Å²) in [6.07, 6.45) is 3.24. The fourth-order valence-electron chi connectivity index (χ4n) is 3.32. The Kier molecular flexibility index (Phi) is 7.77. The highest BCUT2D eigenvalue weighted by molar-refractivity contribution is 7.13. The molecule has 2 aromatic carbocycles. The quantitative estimate of drug-likeness (QED) is 0.235. The van der Waals surface area contributed by atoms with Crippen molar-refractivity contribution < 1.29 is 23.9 Å². The molecule has 184 valence electrons. The van der Waals surface area contributed by atoms with Gasteiger partial charge >= 0.3 is 5.97 Å². The lowest BCUT2D eigenvalue weighted by molar-refractivity contribution is -0.120. The van der Waals surface area contributed by atoms with E-state index < -0.39 is 17.8 Å². The van der Waals surface area contributed by atoms with Gasteiger partial charge in [-0.15, -0.1) is 11.3 Å². The van der Waals surface area contributed by atoms with E-state index in [1.165, 1.54) is 41.7 Å². The third-order valence-electron chi connectivity index (χ3n) is 5.17. The van der Waals surface area contributed by atoms with E-state index >= 15 is 0 Å². The van der Waals surface area contributed by atoms with Gasteiger partial charge in [-0.2, -0.15) is 0 Å². The van der Waals surface area contributed by atoms with Crippen LogP contribution in [0.4, 0.5) is 16.5 Å². The van der Waals surface area contributed by atoms with E-state index in [4.69, 9.17) is 16.3 Å². The number of esters is 1. The number of halogens is 1. The van der Waals surface area contributed by atoms with Crippen LogP contribution in [0.5, 0.6) is 0 Å². The molecule has 2 N–H and O–H groups in total. The third-order valence-corrected chi connectivity index (χ3v) is 6.21. The first-order valence-corrected chi connectivity index (χ1v) is 12.3. The Labute approximate surface area is 215 Å². The number of thiazole rings is 1. The first-order valence-electron chi connectivity index (χ1n) is 11.0. The van der Waals surface area contributed by atoms with E-state index in [1.807, 2.05) is 6.92 Å². The van der Waals surface area contributed by atoms with Crippen molar-refractivity contribution >= 4 is 63.1 Å². The van der Waals surface area contributed by atoms with Crippen LogP contribution in [0.1, 0.15) is 40.5 Å². The molecular formula is C25H21ClN4O5S. The van der Waals surface area contributed by atoms with Crippen molar-refractivity contribution in [3.63, 3.8) is 0 Å². The van der Waals surface area contributed by atoms with Crippen molar-refractivity contribution in [2.24, 2.45) is 0 Å². The van der Waals surface area contributed by atoms with Gasteiger partial charge in [-0.25, -0.2) is 14.7 Å². The summed E-state index contributed by atoms with van der Waals surface area (Å²) in [6, 6.07) is 12.3. The lowest BCUT2D eigenvalue weighted by atomic mass is 10.2. The Morgan fingerprint density at radius 3 is 2.56 bits per heavy atom. The summed E-state index contributed by atoms with van der Waals surface area (Å²) >= 11 is 7.50. The molecule has 4 rings (SSSR count). The first kappa shape index (κ1) is 25.1. The number of amides is 3. The number of ether oxygens (including phenoxy) is 1. The summed E-state index contributed by atoms with van der Waals surface area (Å²) in [4.78, 5) is 55.4. The molecule has 0 saturated heterocycles. The Balaban J connectivity index is 1.47. The molecule has 0 aliphatic carbocycles. The molecule has 11 heteroatoms. The molecule has 0 spiro atoms. The van der Waals surface area contributed by atoms with E-state index in [9.17, 15) is 19.2 Å². The van der Waals surface area contributed by atoms with E-state index in [-0.39, 0.29) is 22.3 Å². The molecule has 3 aromatic rings. The largest absolute Gasteiger partial charge is 0.462 e. The number of hydrogen-bond acceptors (Lipinski definition) is 8. The highest BCUT2D eigenvalue weighted by atomic mass is 35.5. The average molecular weight is 525 g/mol. The average Bonchev–Trinajstić information content (AvgIpc) is 3.47. The third kappa shape index (κ3) is 5.45. The van der Waals surface area contributed by atoms with Gasteiger partial charge in [0.25, 0.3) is 17.7 Å². The second-order valence-corrected chi connectivity index (χ2v) is 8.94. The number of carbonyl (C=O) groups excluding carboxylic acids is 4. The molecule has 0 fully saturated rings. The minimum absolute atomic E-state index is 0.123. The number of imide groups is 1. The second kappa shape index (κ2) is 11.1. The molecule has 0 saturated carbocycles. The Hall–Kier alpha value is -4.02. The number of nitrogens with one attached hydrogen (secondary N) is 2. The zero-order chi connectivity index (χ0) is 25.7. The van der Waals surface area contributed by atoms with Crippen LogP contribution in [-0.2, 0) is 14.3 Å². The number of aromatic nitrogens is 1. The predicted molar refractivity (Wildman–Crippen MR) is 137 cm³/mol. The summed E-state index contributed by atoms with van der Waals surface area (Å²) in [7, 11) is 0. The van der Waals surface area contributed by atoms with Gasteiger partial charge in [-0.05, 0) is 48.9 Å². The fourth-order valence-corrected chi connectivity index (χ4v) is 4.06. The molecule has 0 radical (unpaired) electrons. The smallest absolute Gasteiger partial charge is 0.338 e. The van der Waals surface area contributed by atoms with Crippen LogP contribution in [0.2, 0.25) is 0 Å². The van der Waals surface area contributed by atoms with Crippen LogP contribution in [0.15, 0.2) is 70.8 Å². The minimum Gasteiger partial charge on any atom is -0.462 e. The van der Waals surface area contributed by atoms with Crippen molar-refractivity contribution in [2.75, 3.05) is 22.1 Å². The van der Waals surface area contributed by atoms with E-state index in [0.717, 1.165) is 17.7 Å². The predicted octanol–water partition coefficient (Wildman–Crippen LogP) is 4.79. The maximum atomic E-state index is 13.1. The van der Waals surface area contributed by atoms with Gasteiger partial charge in [0, 0.05) is 22.8 Å². The molecule has 2 heterocycles. The molecule has 1 aliphatic rings. The number of unbranched alkanes of at least 4 members (excludes halogenated alkanes) is 1. The molecule has 9 nitrogen and oxygen atoms in total. The number of nitrogens with zero attached hydrogens (tertiary/aromatic N) is 2. The normalized spacial score (nSPS) is 13.2. The van der Waals surface area contributed by atoms with Crippen LogP contribution < -0.4 is 15.5 Å². The summed E-state index contributed by atoms with van der Waals surface area (Å²) in [5.41, 5.74) is 1.15. The lowest BCUT2D eigenvalue weighted by Crippen LogP contribution is -2.32. The summed E-state index contributed by atoms with van der Waals surface area (Å²) in [5.74, 6) is -2.23. The summed E-state index contributed by atoms with van der Waals surface area (Å²) in [6.45, 7) is 2.31. The second-order valence-electron chi connectivity index (χ2n) is 7.67. The van der Waals surface area contributed by atoms with E-state index in [2.05, 4.69) is 15.6 Å². The molecular weight excluding hydrogens is 504 g/mol. The molecule has 0 unspecified atom stereocenters. The maximum Gasteiger partial charge on any atom is 0.338 e. The van der Waals surface area contributed by atoms with Gasteiger partial charge in [0.15, 0.2) is 5.13 Å². The van der Waals surface area contributed by atoms with Crippen LogP contribution in [0.3, 0.4) is 0 Å². The lowest BCUT2D eigenvalue weighted by Gasteiger charge is -2.15. The number of hydrogen-bond donors (Lipinski definition) is 2. The van der Waals surface area contributed by atoms with E-state index in [1.54, 1.807) is 29.8 Å². The van der Waals surface area contributed by atoms with Crippen LogP contribution >= 0.6 is 22.9 Å². The van der Waals surface area contributed by atoms with Gasteiger partial charge in [0.05, 0.1) is 17.9 Å². The van der Waals surface area contributed by atoms with Gasteiger partial charge in [-0.3, -0.25) is 19.7 Å². The molecule has 1 aromatic heterocycles. The zero-order valence-corrected chi connectivity index (χ0v) is 20.7. The SMILES string of the molecule is CCCCOC(=O)c1ccc(N2C(=O)C(Cl)=C(Nc3cccc(C(=O)Nc4nccs4)c3)C2=O)cc1. The number of carbonyl (C=O) groups is 4. The standard InChI is InChI=1S/C25H21ClN4O5S/c1-2-3-12-35-24(34)15-7-9-18(10-8-15)30-22(32)19(26)20(23(30)33)28-17-6-4-5-16(14-17)21(31)29-25-27-11-13-36-25/h4-11,13-14,28H,2-3,12H2,1H3,(H,27,29,31). The summed E-state index contributed by atoms with van der Waals surface area (Å²) in [5, 5.41) is 7.43. The van der Waals surface area contributed by atoms with Crippen molar-refractivity contribution in [3.8, 4) is 0 Å². The molecule has 1 aliphatic heterocycles. The fraction of sp³-hybridized carbons (Fsp3) is 0.160. The van der Waals surface area contributed by atoms with Crippen LogP contribution in [-0.4, -0.2) is 35.3 Å². The van der Waals surface area contributed by atoms with Crippen LogP contribution in [0.25, 0.3) is 0 Å². The number of anilines is 3. The molecule has 3 amide bonds. The maximum absolute atomic E-state index is 13.1. The first-order chi connectivity index (χ1) is 17.4. The Bertz CT molecular complexity index is 1340. The van der Waals surface area contributed by atoms with Gasteiger partial charge in [0.2, 0.25) is 0 Å². The Morgan fingerprint density at radius 1 is 1.08 bits per heavy atom. The number of benzene rings is 2. The zero-order valence-electron chi connectivity index (χ0n) is 19.1. The van der Waals surface area contributed by atoms with Crippen molar-refractivity contribution in [1.29, 1.82) is 0 Å². The highest BCUT2D eigenvalue weighted by Crippen LogP contribution is 2.30. The molecule has 0 atom stereocenters. The van der Waals surface area contributed by atoms with Crippen LogP contribution in [0, 0.1) is 0 Å². The molecule has 0 bridgehead atoms. The van der Waals surface area contributed by atoms with Crippen molar-refractivity contribution in [2.45, 2.75) is 19.8 Å². The Morgan fingerprint density at radius 2 is 1.86 bits per heavy atom. The highest BCUT2D eigenvalue weighted by Gasteiger charge is 2.39. The monoisotopic (exact) mass is 524 g/mol. The van der Waals surface area contributed by atoms with Gasteiger partial charge < -0.3 is 10.1 Å². The number of rotatable bonds is 9. The van der Waals surface area contributed by atoms with Crippen molar-refractivity contribution in [1.82, 2.24) is 4.98 Å².